The summed E-state index contributed by atoms with van der Waals surface area (Å²) in [5, 5.41) is 25.4. The maximum Gasteiger partial charge on any atom is 0.117 e. The molecule has 0 radical (unpaired) electrons. The van der Waals surface area contributed by atoms with E-state index in [9.17, 15) is 0 Å². The first-order chi connectivity index (χ1) is 23.1. The van der Waals surface area contributed by atoms with Crippen molar-refractivity contribution >= 4 is 16.7 Å². The van der Waals surface area contributed by atoms with E-state index in [1.54, 1.807) is 36.8 Å². The van der Waals surface area contributed by atoms with Crippen LogP contribution >= 0.6 is 0 Å². The number of rotatable bonds is 15. The minimum atomic E-state index is 0.146. The molecule has 0 saturated carbocycles. The van der Waals surface area contributed by atoms with Gasteiger partial charge >= 0.3 is 0 Å². The molecule has 0 amide bonds. The molecule has 0 saturated heterocycles. The van der Waals surface area contributed by atoms with Crippen LogP contribution in [-0.4, -0.2) is 0 Å². The van der Waals surface area contributed by atoms with Gasteiger partial charge in [0.25, 0.3) is 0 Å². The van der Waals surface area contributed by atoms with E-state index >= 15 is 0 Å². The number of nitrogens with zero attached hydrogens (tertiary/aromatic N) is 3. The average molecular weight is 641 g/mol. The molecular formula is C40H48N8. The van der Waals surface area contributed by atoms with Crippen LogP contribution < -0.4 is 28.7 Å². The number of benzene rings is 1. The molecule has 0 fully saturated rings. The molecular weight excluding hydrogens is 592 g/mol. The quantitative estimate of drug-likeness (QED) is 0.0946. The van der Waals surface area contributed by atoms with Gasteiger partial charge in [-0.25, -0.2) is 0 Å². The minimum Gasteiger partial charge on any atom is -0.404 e. The summed E-state index contributed by atoms with van der Waals surface area (Å²) in [6, 6.07) is 11.7. The molecule has 0 heterocycles. The first-order valence-corrected chi connectivity index (χ1v) is 15.2. The zero-order valence-corrected chi connectivity index (χ0v) is 28.4. The first kappa shape index (κ1) is 41.6. The highest BCUT2D eigenvalue weighted by molar-refractivity contribution is 5.85. The summed E-state index contributed by atoms with van der Waals surface area (Å²) in [7, 11) is 0. The normalized spacial score (nSPS) is 14.0. The van der Waals surface area contributed by atoms with Crippen LogP contribution in [0.4, 0.5) is 0 Å². The second-order valence-corrected chi connectivity index (χ2v) is 9.93. The monoisotopic (exact) mass is 640 g/mol. The Balaban J connectivity index is 0.00000707. The highest BCUT2D eigenvalue weighted by Gasteiger charge is 2.09. The molecule has 0 unspecified atom stereocenters. The third-order valence-corrected chi connectivity index (χ3v) is 6.74. The van der Waals surface area contributed by atoms with Gasteiger partial charge in [-0.1, -0.05) is 67.3 Å². The van der Waals surface area contributed by atoms with Crippen LogP contribution in [0.5, 0.6) is 0 Å². The van der Waals surface area contributed by atoms with Crippen molar-refractivity contribution in [1.29, 1.82) is 15.8 Å². The van der Waals surface area contributed by atoms with Crippen molar-refractivity contribution in [2.45, 2.75) is 47.0 Å². The van der Waals surface area contributed by atoms with Crippen molar-refractivity contribution in [3.05, 3.63) is 161 Å². The fourth-order valence-electron chi connectivity index (χ4n) is 4.14. The Bertz CT molecular complexity index is 1620. The lowest BCUT2D eigenvalue weighted by Crippen LogP contribution is -1.97. The van der Waals surface area contributed by atoms with Gasteiger partial charge in [-0.15, -0.1) is 0 Å². The second kappa shape index (κ2) is 24.8. The summed E-state index contributed by atoms with van der Waals surface area (Å²) in [4.78, 5) is 0. The zero-order chi connectivity index (χ0) is 36.3. The van der Waals surface area contributed by atoms with Gasteiger partial charge < -0.3 is 28.7 Å². The molecule has 0 aliphatic heterocycles. The lowest BCUT2D eigenvalue weighted by atomic mass is 9.92. The van der Waals surface area contributed by atoms with E-state index in [1.165, 1.54) is 6.92 Å². The van der Waals surface area contributed by atoms with Gasteiger partial charge in [-0.05, 0) is 121 Å². The van der Waals surface area contributed by atoms with Gasteiger partial charge in [0.2, 0.25) is 0 Å². The van der Waals surface area contributed by atoms with Crippen LogP contribution in [0.3, 0.4) is 0 Å². The molecule has 48 heavy (non-hydrogen) atoms. The molecule has 0 atom stereocenters. The Morgan fingerprint density at radius 2 is 0.917 bits per heavy atom. The Morgan fingerprint density at radius 3 is 1.15 bits per heavy atom. The summed E-state index contributed by atoms with van der Waals surface area (Å²) in [6.07, 6.45) is 29.3. The van der Waals surface area contributed by atoms with Gasteiger partial charge in [-0.2, -0.15) is 15.8 Å². The van der Waals surface area contributed by atoms with Crippen molar-refractivity contribution in [3.8, 4) is 18.2 Å². The number of hydrogen-bond donors (Lipinski definition) is 5. The third kappa shape index (κ3) is 15.5. The Kier molecular flexibility index (Phi) is 21.5. The first-order valence-electron chi connectivity index (χ1n) is 15.2. The fourth-order valence-corrected chi connectivity index (χ4v) is 4.14. The lowest BCUT2D eigenvalue weighted by molar-refractivity contribution is 1.24. The lowest BCUT2D eigenvalue weighted by Gasteiger charge is -2.13. The topological polar surface area (TPSA) is 201 Å². The minimum absolute atomic E-state index is 0.146. The molecule has 1 rings (SSSR count). The molecule has 0 aliphatic rings. The highest BCUT2D eigenvalue weighted by atomic mass is 14.6. The fraction of sp³-hybridized carbons (Fsp3) is 0.175. The van der Waals surface area contributed by atoms with E-state index in [-0.39, 0.29) is 11.4 Å². The van der Waals surface area contributed by atoms with Crippen LogP contribution in [-0.2, 0) is 0 Å². The van der Waals surface area contributed by atoms with E-state index in [2.05, 4.69) is 6.58 Å². The summed E-state index contributed by atoms with van der Waals surface area (Å²) in [5.74, 6) is 0. The number of allylic oxidation sites excluding steroid dienone is 20. The van der Waals surface area contributed by atoms with Crippen molar-refractivity contribution in [3.63, 3.8) is 0 Å². The summed E-state index contributed by atoms with van der Waals surface area (Å²) >= 11 is 0. The molecule has 0 aliphatic carbocycles. The molecule has 10 N–H and O–H groups in total. The molecule has 0 aromatic heterocycles. The van der Waals surface area contributed by atoms with Gasteiger partial charge in [-0.3, -0.25) is 0 Å². The average Bonchev–Trinajstić information content (AvgIpc) is 3.10. The molecule has 0 spiro atoms. The van der Waals surface area contributed by atoms with Crippen LogP contribution in [0.2, 0.25) is 0 Å². The predicted molar refractivity (Wildman–Crippen MR) is 203 cm³/mol. The van der Waals surface area contributed by atoms with Crippen LogP contribution in [0, 0.1) is 34.0 Å². The van der Waals surface area contributed by atoms with Crippen LogP contribution in [0.1, 0.15) is 63.6 Å². The summed E-state index contributed by atoms with van der Waals surface area (Å²) in [5.41, 5.74) is 37.9. The maximum atomic E-state index is 9.03. The SMILES string of the molecule is C=C/C(=C\C)C/C=C\C(=C/N)c1cc(C(/C=C\CC(/C=C(\N)C#N)=C/C)=C/N)cc(C(/C=C\CC(/C=C(\N)C#N)=C/C)=C/N)c1.CC#N. The van der Waals surface area contributed by atoms with Crippen molar-refractivity contribution in [2.24, 2.45) is 28.7 Å². The van der Waals surface area contributed by atoms with E-state index in [0.29, 0.717) is 19.3 Å². The van der Waals surface area contributed by atoms with Crippen LogP contribution in [0.15, 0.2) is 144 Å². The Labute approximate surface area is 286 Å². The summed E-state index contributed by atoms with van der Waals surface area (Å²) < 4.78 is 0. The standard InChI is InChI=1S/C38H45N7.C2H3N/c1-5-28(6-2)12-9-15-31(23-39)34-20-35(32(24-40)16-10-13-29(7-3)18-37(44)26-42)22-36(21-34)33(25-41)17-11-14-30(8-4)19-38(45)27-43;1-2-3/h5-11,15-25H,1,12-14,39-41,44-45H2,2-4H3;1H3/b15-9-,16-10-,17-11-,28-6+,29-7-,30-8-,31-23+,32-24+,33-25+,37-18-,38-19-;. The van der Waals surface area contributed by atoms with Gasteiger partial charge in [0.15, 0.2) is 0 Å². The molecule has 8 nitrogen and oxygen atoms in total. The molecule has 248 valence electrons. The number of nitriles is 3. The molecule has 1 aromatic carbocycles. The van der Waals surface area contributed by atoms with Gasteiger partial charge in [0.1, 0.15) is 23.5 Å². The van der Waals surface area contributed by atoms with E-state index in [4.69, 9.17) is 44.5 Å². The zero-order valence-electron chi connectivity index (χ0n) is 28.4. The highest BCUT2D eigenvalue weighted by Crippen LogP contribution is 2.29. The third-order valence-electron chi connectivity index (χ3n) is 6.74. The van der Waals surface area contributed by atoms with Crippen molar-refractivity contribution in [1.82, 2.24) is 0 Å². The van der Waals surface area contributed by atoms with Crippen molar-refractivity contribution < 1.29 is 0 Å². The number of hydrogen-bond acceptors (Lipinski definition) is 8. The smallest absolute Gasteiger partial charge is 0.117 e. The Morgan fingerprint density at radius 1 is 0.625 bits per heavy atom. The molecule has 8 heteroatoms. The largest absolute Gasteiger partial charge is 0.404 e. The van der Waals surface area contributed by atoms with Crippen molar-refractivity contribution in [2.75, 3.05) is 0 Å². The Hall–Kier alpha value is -6.43. The van der Waals surface area contributed by atoms with Crippen LogP contribution in [0.25, 0.3) is 16.7 Å². The molecule has 1 aromatic rings. The maximum absolute atomic E-state index is 9.03. The van der Waals surface area contributed by atoms with E-state index in [1.807, 2.05) is 112 Å². The second-order valence-electron chi connectivity index (χ2n) is 9.93. The number of nitrogens with two attached hydrogens (primary N) is 5. The molecule has 0 bridgehead atoms. The van der Waals surface area contributed by atoms with E-state index < -0.39 is 0 Å². The predicted octanol–water partition coefficient (Wildman–Crippen LogP) is 7.71. The van der Waals surface area contributed by atoms with Gasteiger partial charge in [0, 0.05) is 25.5 Å². The van der Waals surface area contributed by atoms with E-state index in [0.717, 1.165) is 50.1 Å². The van der Waals surface area contributed by atoms with Gasteiger partial charge in [0.05, 0.1) is 6.07 Å². The summed E-state index contributed by atoms with van der Waals surface area (Å²) in [6.45, 7) is 11.1.